The maximum Gasteiger partial charge on any atom is 0.127 e. The van der Waals surface area contributed by atoms with Gasteiger partial charge in [0.1, 0.15) is 23.9 Å². The van der Waals surface area contributed by atoms with Gasteiger partial charge in [0.15, 0.2) is 0 Å². The molecule has 2 rings (SSSR count). The normalized spacial score (nSPS) is 10.6. The lowest BCUT2D eigenvalue weighted by Crippen LogP contribution is -2.01. The van der Waals surface area contributed by atoms with Crippen molar-refractivity contribution in [2.24, 2.45) is 5.16 Å². The van der Waals surface area contributed by atoms with Gasteiger partial charge in [0.25, 0.3) is 0 Å². The average molecular weight is 299 g/mol. The van der Waals surface area contributed by atoms with Crippen molar-refractivity contribution in [3.8, 4) is 17.2 Å². The Morgan fingerprint density at radius 2 is 1.55 bits per heavy atom. The molecule has 22 heavy (non-hydrogen) atoms. The molecule has 0 bridgehead atoms. The molecule has 0 radical (unpaired) electrons. The Kier molecular flexibility index (Phi) is 6.82. The predicted octanol–water partition coefficient (Wildman–Crippen LogP) is 4.66. The molecule has 2 aromatic carbocycles. The van der Waals surface area contributed by atoms with Crippen LogP contribution >= 0.6 is 0 Å². The number of rotatable bonds is 9. The van der Waals surface area contributed by atoms with Gasteiger partial charge in [-0.2, -0.15) is 0 Å². The van der Waals surface area contributed by atoms with Gasteiger partial charge >= 0.3 is 0 Å². The second kappa shape index (κ2) is 9.45. The van der Waals surface area contributed by atoms with Crippen LogP contribution in [0.3, 0.4) is 0 Å². The third-order valence-corrected chi connectivity index (χ3v) is 2.78. The van der Waals surface area contributed by atoms with Crippen molar-refractivity contribution >= 4 is 6.21 Å². The fraction of sp³-hybridized carbons (Fsp3) is 0.278. The molecule has 0 saturated heterocycles. The quantitative estimate of drug-likeness (QED) is 0.384. The van der Waals surface area contributed by atoms with E-state index in [1.54, 1.807) is 6.21 Å². The van der Waals surface area contributed by atoms with Crippen LogP contribution in [0.25, 0.3) is 0 Å². The van der Waals surface area contributed by atoms with E-state index in [9.17, 15) is 0 Å². The fourth-order valence-electron chi connectivity index (χ4n) is 1.72. The molecule has 0 heterocycles. The maximum atomic E-state index is 5.72. The fourth-order valence-corrected chi connectivity index (χ4v) is 1.72. The molecule has 0 fully saturated rings. The Balaban J connectivity index is 1.69. The maximum absolute atomic E-state index is 5.72. The zero-order valence-electron chi connectivity index (χ0n) is 12.8. The molecule has 4 heteroatoms. The first kappa shape index (κ1) is 15.9. The standard InChI is InChI=1S/C18H21NO3/c1-2-13-19-21-15-6-14-20-16-9-11-18(12-10-16)22-17-7-4-3-5-8-17/h3-5,7-13H,2,6,14-15H2,1H3/b19-13+. The third-order valence-electron chi connectivity index (χ3n) is 2.78. The number of benzene rings is 2. The summed E-state index contributed by atoms with van der Waals surface area (Å²) in [6.45, 7) is 3.17. The summed E-state index contributed by atoms with van der Waals surface area (Å²) in [4.78, 5) is 5.07. The summed E-state index contributed by atoms with van der Waals surface area (Å²) in [5.41, 5.74) is 0. The van der Waals surface area contributed by atoms with Crippen LogP contribution in [0.2, 0.25) is 0 Å². The monoisotopic (exact) mass is 299 g/mol. The summed E-state index contributed by atoms with van der Waals surface area (Å²) in [5, 5.41) is 3.79. The number of nitrogens with zero attached hydrogens (tertiary/aromatic N) is 1. The first-order chi connectivity index (χ1) is 10.9. The second-order valence-electron chi connectivity index (χ2n) is 4.62. The van der Waals surface area contributed by atoms with Gasteiger partial charge in [-0.25, -0.2) is 0 Å². The molecule has 2 aromatic rings. The minimum absolute atomic E-state index is 0.561. The highest BCUT2D eigenvalue weighted by atomic mass is 16.6. The van der Waals surface area contributed by atoms with Crippen molar-refractivity contribution in [1.29, 1.82) is 0 Å². The zero-order chi connectivity index (χ0) is 15.5. The van der Waals surface area contributed by atoms with Gasteiger partial charge in [-0.15, -0.1) is 0 Å². The minimum atomic E-state index is 0.561. The molecule has 0 aliphatic rings. The lowest BCUT2D eigenvalue weighted by atomic mass is 10.3. The van der Waals surface area contributed by atoms with E-state index in [1.807, 2.05) is 61.5 Å². The smallest absolute Gasteiger partial charge is 0.127 e. The second-order valence-corrected chi connectivity index (χ2v) is 4.62. The van der Waals surface area contributed by atoms with Crippen LogP contribution in [-0.4, -0.2) is 19.4 Å². The highest BCUT2D eigenvalue weighted by Gasteiger charge is 1.98. The Hall–Kier alpha value is -2.49. The molecule has 0 aliphatic heterocycles. The summed E-state index contributed by atoms with van der Waals surface area (Å²) < 4.78 is 11.4. The van der Waals surface area contributed by atoms with E-state index < -0.39 is 0 Å². The molecular weight excluding hydrogens is 278 g/mol. The molecule has 0 spiro atoms. The lowest BCUT2D eigenvalue weighted by Gasteiger charge is -2.08. The van der Waals surface area contributed by atoms with Crippen LogP contribution in [0, 0.1) is 0 Å². The molecule has 0 aromatic heterocycles. The minimum Gasteiger partial charge on any atom is -0.493 e. The summed E-state index contributed by atoms with van der Waals surface area (Å²) in [5.74, 6) is 2.43. The molecule has 0 amide bonds. The molecule has 0 aliphatic carbocycles. The summed E-state index contributed by atoms with van der Waals surface area (Å²) in [7, 11) is 0. The number of ether oxygens (including phenoxy) is 2. The topological polar surface area (TPSA) is 40.0 Å². The zero-order valence-corrected chi connectivity index (χ0v) is 12.8. The first-order valence-corrected chi connectivity index (χ1v) is 7.48. The van der Waals surface area contributed by atoms with Crippen molar-refractivity contribution in [3.05, 3.63) is 54.6 Å². The van der Waals surface area contributed by atoms with Gasteiger partial charge in [-0.3, -0.25) is 0 Å². The number of oxime groups is 1. The molecule has 4 nitrogen and oxygen atoms in total. The SMILES string of the molecule is CC/C=N/OCCCOc1ccc(Oc2ccccc2)cc1. The van der Waals surface area contributed by atoms with E-state index >= 15 is 0 Å². The van der Waals surface area contributed by atoms with Crippen LogP contribution < -0.4 is 9.47 Å². The van der Waals surface area contributed by atoms with Crippen molar-refractivity contribution in [1.82, 2.24) is 0 Å². The van der Waals surface area contributed by atoms with Crippen LogP contribution in [0.1, 0.15) is 19.8 Å². The van der Waals surface area contributed by atoms with Gasteiger partial charge in [0, 0.05) is 12.6 Å². The molecule has 0 atom stereocenters. The predicted molar refractivity (Wildman–Crippen MR) is 87.8 cm³/mol. The number of hydrogen-bond donors (Lipinski definition) is 0. The lowest BCUT2D eigenvalue weighted by molar-refractivity contribution is 0.128. The Labute approximate surface area is 131 Å². The van der Waals surface area contributed by atoms with E-state index in [-0.39, 0.29) is 0 Å². The van der Waals surface area contributed by atoms with Crippen molar-refractivity contribution in [2.75, 3.05) is 13.2 Å². The largest absolute Gasteiger partial charge is 0.493 e. The van der Waals surface area contributed by atoms with E-state index in [0.717, 1.165) is 30.1 Å². The molecular formula is C18H21NO3. The summed E-state index contributed by atoms with van der Waals surface area (Å²) in [6, 6.07) is 17.3. The van der Waals surface area contributed by atoms with Gasteiger partial charge in [0.05, 0.1) is 6.61 Å². The highest BCUT2D eigenvalue weighted by Crippen LogP contribution is 2.23. The van der Waals surface area contributed by atoms with Crippen LogP contribution in [0.4, 0.5) is 0 Å². The summed E-state index contributed by atoms with van der Waals surface area (Å²) in [6.07, 6.45) is 3.42. The van der Waals surface area contributed by atoms with Gasteiger partial charge in [-0.1, -0.05) is 30.3 Å². The highest BCUT2D eigenvalue weighted by molar-refractivity contribution is 5.55. The van der Waals surface area contributed by atoms with Crippen molar-refractivity contribution < 1.29 is 14.3 Å². The van der Waals surface area contributed by atoms with Crippen LogP contribution in [-0.2, 0) is 4.84 Å². The molecule has 0 saturated carbocycles. The van der Waals surface area contributed by atoms with Gasteiger partial charge in [-0.05, 0) is 42.8 Å². The molecule has 0 N–H and O–H groups in total. The van der Waals surface area contributed by atoms with Crippen molar-refractivity contribution in [3.63, 3.8) is 0 Å². The first-order valence-electron chi connectivity index (χ1n) is 7.48. The molecule has 116 valence electrons. The number of hydrogen-bond acceptors (Lipinski definition) is 4. The van der Waals surface area contributed by atoms with E-state index in [2.05, 4.69) is 5.16 Å². The van der Waals surface area contributed by atoms with Gasteiger partial charge < -0.3 is 14.3 Å². The average Bonchev–Trinajstić information content (AvgIpc) is 2.56. The van der Waals surface area contributed by atoms with Crippen molar-refractivity contribution in [2.45, 2.75) is 19.8 Å². The Bertz CT molecular complexity index is 552. The van der Waals surface area contributed by atoms with E-state index in [1.165, 1.54) is 0 Å². The van der Waals surface area contributed by atoms with Crippen LogP contribution in [0.5, 0.6) is 17.2 Å². The van der Waals surface area contributed by atoms with E-state index in [0.29, 0.717) is 13.2 Å². The van der Waals surface area contributed by atoms with E-state index in [4.69, 9.17) is 14.3 Å². The third kappa shape index (κ3) is 5.87. The summed E-state index contributed by atoms with van der Waals surface area (Å²) >= 11 is 0. The molecule has 0 unspecified atom stereocenters. The van der Waals surface area contributed by atoms with Crippen LogP contribution in [0.15, 0.2) is 59.8 Å². The Morgan fingerprint density at radius 3 is 2.27 bits per heavy atom. The van der Waals surface area contributed by atoms with Gasteiger partial charge in [0.2, 0.25) is 0 Å². The Morgan fingerprint density at radius 1 is 0.864 bits per heavy atom. The number of para-hydroxylation sites is 1.